The van der Waals surface area contributed by atoms with Gasteiger partial charge in [0.05, 0.1) is 16.7 Å². The molecule has 3 aromatic rings. The van der Waals surface area contributed by atoms with E-state index >= 15 is 0 Å². The smallest absolute Gasteiger partial charge is 0.268 e. The summed E-state index contributed by atoms with van der Waals surface area (Å²) < 4.78 is 0. The molecule has 1 aromatic carbocycles. The van der Waals surface area contributed by atoms with E-state index in [1.54, 1.807) is 17.5 Å². The Morgan fingerprint density at radius 3 is 2.86 bits per heavy atom. The fourth-order valence-electron chi connectivity index (χ4n) is 3.44. The second-order valence-electron chi connectivity index (χ2n) is 6.93. The van der Waals surface area contributed by atoms with Crippen molar-refractivity contribution < 1.29 is 9.59 Å². The van der Waals surface area contributed by atoms with Crippen LogP contribution in [0, 0.1) is 6.92 Å². The van der Waals surface area contributed by atoms with E-state index in [1.807, 2.05) is 53.6 Å². The zero-order valence-electron chi connectivity index (χ0n) is 15.6. The van der Waals surface area contributed by atoms with Crippen molar-refractivity contribution in [2.45, 2.75) is 25.8 Å². The van der Waals surface area contributed by atoms with Crippen LogP contribution in [0.1, 0.15) is 39.9 Å². The first-order chi connectivity index (χ1) is 13.6. The molecule has 1 atom stereocenters. The number of carbonyl (C=O) groups excluding carboxylic acids is 2. The van der Waals surface area contributed by atoms with E-state index in [2.05, 4.69) is 15.3 Å². The lowest BCUT2D eigenvalue weighted by atomic mass is 10.1. The van der Waals surface area contributed by atoms with E-state index in [-0.39, 0.29) is 17.9 Å². The lowest BCUT2D eigenvalue weighted by Gasteiger charge is -2.25. The highest BCUT2D eigenvalue weighted by atomic mass is 32.1. The number of H-pyrrole nitrogens is 1. The molecule has 1 aliphatic heterocycles. The van der Waals surface area contributed by atoms with Gasteiger partial charge in [0, 0.05) is 36.7 Å². The monoisotopic (exact) mass is 394 g/mol. The van der Waals surface area contributed by atoms with Crippen LogP contribution in [0.25, 0.3) is 11.3 Å². The topological polar surface area (TPSA) is 78.1 Å². The van der Waals surface area contributed by atoms with Crippen LogP contribution in [0.5, 0.6) is 0 Å². The van der Waals surface area contributed by atoms with E-state index in [0.29, 0.717) is 18.7 Å². The Morgan fingerprint density at radius 1 is 1.36 bits per heavy atom. The van der Waals surface area contributed by atoms with Crippen LogP contribution >= 0.6 is 11.3 Å². The normalized spacial score (nSPS) is 15.0. The second kappa shape index (κ2) is 7.98. The van der Waals surface area contributed by atoms with E-state index in [4.69, 9.17) is 0 Å². The maximum absolute atomic E-state index is 12.9. The minimum Gasteiger partial charge on any atom is -0.357 e. The fraction of sp³-hybridized carbons (Fsp3) is 0.286. The van der Waals surface area contributed by atoms with E-state index in [0.717, 1.165) is 34.8 Å². The summed E-state index contributed by atoms with van der Waals surface area (Å²) in [6, 6.07) is 11.3. The molecule has 0 spiro atoms. The second-order valence-corrected chi connectivity index (χ2v) is 8.00. The lowest BCUT2D eigenvalue weighted by Crippen LogP contribution is -2.38. The molecule has 1 aliphatic rings. The predicted molar refractivity (Wildman–Crippen MR) is 109 cm³/mol. The number of hydrogen-bond acceptors (Lipinski definition) is 4. The van der Waals surface area contributed by atoms with Gasteiger partial charge in [0.2, 0.25) is 5.91 Å². The molecule has 2 N–H and O–H groups in total. The van der Waals surface area contributed by atoms with Crippen molar-refractivity contribution >= 4 is 23.2 Å². The number of nitrogens with zero attached hydrogens (tertiary/aromatic N) is 2. The summed E-state index contributed by atoms with van der Waals surface area (Å²) in [7, 11) is 0. The van der Waals surface area contributed by atoms with E-state index in [1.165, 1.54) is 0 Å². The number of carbonyl (C=O) groups is 2. The number of aromatic amines is 1. The van der Waals surface area contributed by atoms with Gasteiger partial charge in [-0.1, -0.05) is 30.3 Å². The molecule has 28 heavy (non-hydrogen) atoms. The van der Waals surface area contributed by atoms with Crippen LogP contribution in [0.4, 0.5) is 0 Å². The van der Waals surface area contributed by atoms with Crippen molar-refractivity contribution in [3.05, 3.63) is 64.2 Å². The molecule has 1 saturated heterocycles. The molecular formula is C21H22N4O2S. The molecule has 4 rings (SSSR count). The third-order valence-electron chi connectivity index (χ3n) is 4.92. The Bertz CT molecular complexity index is 979. The molecule has 144 valence electrons. The van der Waals surface area contributed by atoms with E-state index in [9.17, 15) is 9.59 Å². The first-order valence-electron chi connectivity index (χ1n) is 9.34. The molecule has 0 saturated carbocycles. The number of nitrogens with one attached hydrogen (secondary N) is 2. The van der Waals surface area contributed by atoms with Crippen molar-refractivity contribution in [2.24, 2.45) is 0 Å². The standard InChI is InChI=1S/C21H22N4O2S/c1-14-23-19(13-28-14)16-10-17(22-11-16)21(27)24-18(15-6-3-2-4-7-15)12-25-9-5-8-20(25)26/h2-4,6-7,10-11,13,18,22H,5,8-9,12H2,1H3,(H,24,27). The molecule has 0 radical (unpaired) electrons. The summed E-state index contributed by atoms with van der Waals surface area (Å²) in [6.07, 6.45) is 3.26. The van der Waals surface area contributed by atoms with Crippen LogP contribution in [0.2, 0.25) is 0 Å². The molecule has 0 bridgehead atoms. The summed E-state index contributed by atoms with van der Waals surface area (Å²) in [5, 5.41) is 6.05. The summed E-state index contributed by atoms with van der Waals surface area (Å²) in [6.45, 7) is 3.18. The molecule has 0 aliphatic carbocycles. The van der Waals surface area contributed by atoms with Crippen molar-refractivity contribution in [1.82, 2.24) is 20.2 Å². The quantitative estimate of drug-likeness (QED) is 0.671. The number of likely N-dealkylation sites (tertiary alicyclic amines) is 1. The van der Waals surface area contributed by atoms with Gasteiger partial charge in [-0.15, -0.1) is 11.3 Å². The van der Waals surface area contributed by atoms with E-state index < -0.39 is 0 Å². The number of amides is 2. The SMILES string of the molecule is Cc1nc(-c2c[nH]c(C(=O)NC(CN3CCCC3=O)c3ccccc3)c2)cs1. The van der Waals surface area contributed by atoms with Gasteiger partial charge in [0.1, 0.15) is 5.69 Å². The first-order valence-corrected chi connectivity index (χ1v) is 10.2. The molecule has 6 nitrogen and oxygen atoms in total. The highest BCUT2D eigenvalue weighted by Gasteiger charge is 2.26. The Hall–Kier alpha value is -2.93. The van der Waals surface area contributed by atoms with Crippen molar-refractivity contribution in [3.8, 4) is 11.3 Å². The van der Waals surface area contributed by atoms with Gasteiger partial charge in [-0.05, 0) is 25.0 Å². The van der Waals surface area contributed by atoms with Crippen LogP contribution in [-0.2, 0) is 4.79 Å². The summed E-state index contributed by atoms with van der Waals surface area (Å²) in [5.74, 6) is -0.0463. The summed E-state index contributed by atoms with van der Waals surface area (Å²) in [4.78, 5) is 34.3. The highest BCUT2D eigenvalue weighted by Crippen LogP contribution is 2.23. The van der Waals surface area contributed by atoms with Crippen molar-refractivity contribution in [3.63, 3.8) is 0 Å². The van der Waals surface area contributed by atoms with Gasteiger partial charge in [0.15, 0.2) is 0 Å². The van der Waals surface area contributed by atoms with Crippen LogP contribution in [0.3, 0.4) is 0 Å². The molecule has 1 unspecified atom stereocenters. The number of benzene rings is 1. The maximum atomic E-state index is 12.9. The van der Waals surface area contributed by atoms with Crippen molar-refractivity contribution in [1.29, 1.82) is 0 Å². The lowest BCUT2D eigenvalue weighted by molar-refractivity contribution is -0.128. The fourth-order valence-corrected chi connectivity index (χ4v) is 4.06. The Labute approximate surface area is 167 Å². The largest absolute Gasteiger partial charge is 0.357 e. The minimum atomic E-state index is -0.260. The van der Waals surface area contributed by atoms with Crippen LogP contribution in [-0.4, -0.2) is 39.8 Å². The third-order valence-corrected chi connectivity index (χ3v) is 5.70. The molecule has 3 heterocycles. The molecule has 1 fully saturated rings. The summed E-state index contributed by atoms with van der Waals surface area (Å²) in [5.41, 5.74) is 3.22. The molecule has 7 heteroatoms. The number of aryl methyl sites for hydroxylation is 1. The maximum Gasteiger partial charge on any atom is 0.268 e. The zero-order chi connectivity index (χ0) is 19.5. The predicted octanol–water partition coefficient (Wildman–Crippen LogP) is 3.54. The van der Waals surface area contributed by atoms with Gasteiger partial charge in [-0.2, -0.15) is 0 Å². The molecular weight excluding hydrogens is 372 g/mol. The minimum absolute atomic E-state index is 0.149. The van der Waals surface area contributed by atoms with Gasteiger partial charge in [0.25, 0.3) is 5.91 Å². The Kier molecular flexibility index (Phi) is 5.25. The van der Waals surface area contributed by atoms with Gasteiger partial charge < -0.3 is 15.2 Å². The summed E-state index contributed by atoms with van der Waals surface area (Å²) >= 11 is 1.58. The van der Waals surface area contributed by atoms with Gasteiger partial charge in [-0.3, -0.25) is 9.59 Å². The Balaban J connectivity index is 1.52. The average Bonchev–Trinajstić information content (AvgIpc) is 3.43. The van der Waals surface area contributed by atoms with Gasteiger partial charge >= 0.3 is 0 Å². The number of rotatable bonds is 6. The third kappa shape index (κ3) is 3.99. The molecule has 2 aromatic heterocycles. The van der Waals surface area contributed by atoms with Gasteiger partial charge in [-0.25, -0.2) is 4.98 Å². The number of thiazole rings is 1. The number of hydrogen-bond donors (Lipinski definition) is 2. The van der Waals surface area contributed by atoms with Crippen LogP contribution < -0.4 is 5.32 Å². The van der Waals surface area contributed by atoms with Crippen LogP contribution in [0.15, 0.2) is 48.0 Å². The average molecular weight is 394 g/mol. The zero-order valence-corrected chi connectivity index (χ0v) is 16.5. The Morgan fingerprint density at radius 2 is 2.18 bits per heavy atom. The molecule has 2 amide bonds. The first kappa shape index (κ1) is 18.4. The van der Waals surface area contributed by atoms with Crippen molar-refractivity contribution in [2.75, 3.05) is 13.1 Å². The highest BCUT2D eigenvalue weighted by molar-refractivity contribution is 7.09. The number of aromatic nitrogens is 2.